The lowest BCUT2D eigenvalue weighted by Gasteiger charge is -2.43. The molecule has 1 atom stereocenters. The zero-order chi connectivity index (χ0) is 24.5. The molecule has 0 aromatic heterocycles. The predicted molar refractivity (Wildman–Crippen MR) is 123 cm³/mol. The van der Waals surface area contributed by atoms with Gasteiger partial charge >= 0.3 is 6.18 Å². The summed E-state index contributed by atoms with van der Waals surface area (Å²) in [4.78, 5) is 16.9. The van der Waals surface area contributed by atoms with Gasteiger partial charge in [0.05, 0.1) is 34.4 Å². The summed E-state index contributed by atoms with van der Waals surface area (Å²) in [5.41, 5.74) is -0.557. The smallest absolute Gasteiger partial charge is 0.384 e. The summed E-state index contributed by atoms with van der Waals surface area (Å²) in [7, 11) is 1.64. The lowest BCUT2D eigenvalue weighted by atomic mass is 9.71. The van der Waals surface area contributed by atoms with Gasteiger partial charge in [-0.1, -0.05) is 23.7 Å². The van der Waals surface area contributed by atoms with Crippen LogP contribution in [0.3, 0.4) is 0 Å². The number of likely N-dealkylation sites (tertiary alicyclic amines) is 1. The van der Waals surface area contributed by atoms with E-state index in [1.807, 2.05) is 9.80 Å². The first-order valence-electron chi connectivity index (χ1n) is 11.1. The zero-order valence-corrected chi connectivity index (χ0v) is 19.5. The number of benzene rings is 2. The van der Waals surface area contributed by atoms with Crippen molar-refractivity contribution in [1.82, 2.24) is 4.90 Å². The summed E-state index contributed by atoms with van der Waals surface area (Å²) in [6, 6.07) is 12.5. The van der Waals surface area contributed by atoms with Gasteiger partial charge in [0.25, 0.3) is 5.91 Å². The molecule has 0 bridgehead atoms. The molecule has 0 saturated carbocycles. The molecule has 2 fully saturated rings. The predicted octanol–water partition coefficient (Wildman–Crippen LogP) is 5.24. The van der Waals surface area contributed by atoms with E-state index in [4.69, 9.17) is 21.6 Å². The molecular weight excluding hydrogens is 467 g/mol. The van der Waals surface area contributed by atoms with Crippen molar-refractivity contribution in [2.45, 2.75) is 19.0 Å². The van der Waals surface area contributed by atoms with E-state index in [1.54, 1.807) is 43.5 Å². The van der Waals surface area contributed by atoms with Gasteiger partial charge in [-0.05, 0) is 48.6 Å². The molecule has 2 aliphatic rings. The van der Waals surface area contributed by atoms with Crippen LogP contribution >= 0.6 is 11.6 Å². The van der Waals surface area contributed by atoms with Crippen molar-refractivity contribution < 1.29 is 22.7 Å². The first-order chi connectivity index (χ1) is 16.2. The SMILES string of the molecule is COCC1CN(C(=O)c2ccccc2Cl)CC12CCN(c1ccc(C#N)c(C(F)(F)F)c1)CC2. The van der Waals surface area contributed by atoms with Gasteiger partial charge < -0.3 is 14.5 Å². The topological polar surface area (TPSA) is 56.6 Å². The van der Waals surface area contributed by atoms with Gasteiger partial charge in [0.2, 0.25) is 0 Å². The van der Waals surface area contributed by atoms with Crippen molar-refractivity contribution in [2.24, 2.45) is 11.3 Å². The highest BCUT2D eigenvalue weighted by molar-refractivity contribution is 6.33. The molecule has 1 amide bonds. The van der Waals surface area contributed by atoms with Crippen molar-refractivity contribution >= 4 is 23.2 Å². The zero-order valence-electron chi connectivity index (χ0n) is 18.7. The molecule has 0 N–H and O–H groups in total. The fourth-order valence-corrected chi connectivity index (χ4v) is 5.48. The summed E-state index contributed by atoms with van der Waals surface area (Å²) in [5.74, 6) is 0.00528. The van der Waals surface area contributed by atoms with E-state index in [-0.39, 0.29) is 22.8 Å². The van der Waals surface area contributed by atoms with Crippen LogP contribution in [0.4, 0.5) is 18.9 Å². The average molecular weight is 492 g/mol. The van der Waals surface area contributed by atoms with Crippen LogP contribution in [0.15, 0.2) is 42.5 Å². The van der Waals surface area contributed by atoms with Crippen molar-refractivity contribution in [2.75, 3.05) is 44.8 Å². The molecule has 2 saturated heterocycles. The third-order valence-corrected chi connectivity index (χ3v) is 7.45. The molecule has 4 rings (SSSR count). The van der Waals surface area contributed by atoms with Gasteiger partial charge in [0.15, 0.2) is 0 Å². The highest BCUT2D eigenvalue weighted by Gasteiger charge is 2.49. The summed E-state index contributed by atoms with van der Waals surface area (Å²) in [5, 5.41) is 9.47. The molecular formula is C25H25ClF3N3O2. The van der Waals surface area contributed by atoms with Crippen molar-refractivity contribution in [1.29, 1.82) is 5.26 Å². The van der Waals surface area contributed by atoms with Crippen LogP contribution in [-0.2, 0) is 10.9 Å². The lowest BCUT2D eigenvalue weighted by molar-refractivity contribution is -0.137. The number of ether oxygens (including phenoxy) is 1. The number of rotatable bonds is 4. The number of amides is 1. The Kier molecular flexibility index (Phi) is 6.79. The van der Waals surface area contributed by atoms with Gasteiger partial charge in [0, 0.05) is 44.9 Å². The van der Waals surface area contributed by atoms with Crippen LogP contribution in [0, 0.1) is 22.7 Å². The average Bonchev–Trinajstić information content (AvgIpc) is 3.16. The Balaban J connectivity index is 1.52. The van der Waals surface area contributed by atoms with E-state index in [0.717, 1.165) is 6.07 Å². The second-order valence-corrected chi connectivity index (χ2v) is 9.41. The number of halogens is 4. The van der Waals surface area contributed by atoms with Crippen LogP contribution in [0.5, 0.6) is 0 Å². The number of hydrogen-bond donors (Lipinski definition) is 0. The maximum atomic E-state index is 13.4. The van der Waals surface area contributed by atoms with E-state index < -0.39 is 11.7 Å². The van der Waals surface area contributed by atoms with E-state index in [9.17, 15) is 18.0 Å². The molecule has 0 aliphatic carbocycles. The van der Waals surface area contributed by atoms with Gasteiger partial charge in [-0.3, -0.25) is 4.79 Å². The maximum absolute atomic E-state index is 13.4. The first-order valence-corrected chi connectivity index (χ1v) is 11.5. The number of nitrogens with zero attached hydrogens (tertiary/aromatic N) is 3. The van der Waals surface area contributed by atoms with E-state index in [1.165, 1.54) is 6.07 Å². The molecule has 9 heteroatoms. The summed E-state index contributed by atoms with van der Waals surface area (Å²) < 4.78 is 45.7. The number of nitriles is 1. The molecule has 1 unspecified atom stereocenters. The fourth-order valence-electron chi connectivity index (χ4n) is 5.26. The number of anilines is 1. The quantitative estimate of drug-likeness (QED) is 0.587. The Hall–Kier alpha value is -2.76. The fraction of sp³-hybridized carbons (Fsp3) is 0.440. The van der Waals surface area contributed by atoms with Crippen molar-refractivity contribution in [3.63, 3.8) is 0 Å². The molecule has 2 aliphatic heterocycles. The minimum absolute atomic E-state index is 0.118. The largest absolute Gasteiger partial charge is 0.417 e. The number of piperidine rings is 1. The Morgan fingerprint density at radius 3 is 2.56 bits per heavy atom. The molecule has 2 aromatic rings. The number of methoxy groups -OCH3 is 1. The van der Waals surface area contributed by atoms with Gasteiger partial charge in [-0.15, -0.1) is 0 Å². The first kappa shape index (κ1) is 24.4. The monoisotopic (exact) mass is 491 g/mol. The molecule has 1 spiro atoms. The maximum Gasteiger partial charge on any atom is 0.417 e. The Bertz CT molecular complexity index is 1110. The number of hydrogen-bond acceptors (Lipinski definition) is 4. The van der Waals surface area contributed by atoms with Crippen LogP contribution in [0.1, 0.15) is 34.3 Å². The molecule has 34 heavy (non-hydrogen) atoms. The highest BCUT2D eigenvalue weighted by Crippen LogP contribution is 2.46. The minimum atomic E-state index is -4.59. The summed E-state index contributed by atoms with van der Waals surface area (Å²) in [6.45, 7) is 2.71. The number of carbonyl (C=O) groups excluding carboxylic acids is 1. The Morgan fingerprint density at radius 2 is 1.94 bits per heavy atom. The van der Waals surface area contributed by atoms with E-state index in [0.29, 0.717) is 61.9 Å². The summed E-state index contributed by atoms with van der Waals surface area (Å²) in [6.07, 6.45) is -3.16. The van der Waals surface area contributed by atoms with Gasteiger partial charge in [-0.2, -0.15) is 18.4 Å². The minimum Gasteiger partial charge on any atom is -0.384 e. The summed E-state index contributed by atoms with van der Waals surface area (Å²) >= 11 is 6.25. The van der Waals surface area contributed by atoms with E-state index in [2.05, 4.69) is 0 Å². The van der Waals surface area contributed by atoms with Crippen LogP contribution in [0.2, 0.25) is 5.02 Å². The second kappa shape index (κ2) is 9.47. The second-order valence-electron chi connectivity index (χ2n) is 9.01. The van der Waals surface area contributed by atoms with Gasteiger partial charge in [-0.25, -0.2) is 0 Å². The third-order valence-electron chi connectivity index (χ3n) is 7.13. The Labute approximate surface area is 201 Å². The van der Waals surface area contributed by atoms with Crippen LogP contribution in [-0.4, -0.2) is 50.7 Å². The normalized spacial score (nSPS) is 19.9. The van der Waals surface area contributed by atoms with Crippen molar-refractivity contribution in [3.05, 3.63) is 64.2 Å². The Morgan fingerprint density at radius 1 is 1.24 bits per heavy atom. The van der Waals surface area contributed by atoms with Gasteiger partial charge in [0.1, 0.15) is 0 Å². The van der Waals surface area contributed by atoms with Crippen molar-refractivity contribution in [3.8, 4) is 6.07 Å². The number of alkyl halides is 3. The lowest BCUT2D eigenvalue weighted by Crippen LogP contribution is -2.45. The number of carbonyl (C=O) groups is 1. The van der Waals surface area contributed by atoms with Crippen LogP contribution in [0.25, 0.3) is 0 Å². The third kappa shape index (κ3) is 4.59. The standard InChI is InChI=1S/C25H25ClF3N3O2/c1-34-15-18-14-32(23(33)20-4-2-3-5-22(20)26)16-24(18)8-10-31(11-9-24)19-7-6-17(13-30)21(12-19)25(27,28)29/h2-7,12,18H,8-11,14-16H2,1H3. The highest BCUT2D eigenvalue weighted by atomic mass is 35.5. The molecule has 2 aromatic carbocycles. The molecule has 0 radical (unpaired) electrons. The molecule has 5 nitrogen and oxygen atoms in total. The van der Waals surface area contributed by atoms with E-state index >= 15 is 0 Å². The molecule has 180 valence electrons. The molecule has 2 heterocycles. The van der Waals surface area contributed by atoms with Crippen LogP contribution < -0.4 is 4.90 Å².